The van der Waals surface area contributed by atoms with Gasteiger partial charge in [-0.05, 0) is 31.4 Å². The van der Waals surface area contributed by atoms with E-state index in [1.165, 1.54) is 6.07 Å². The number of rotatable bonds is 4. The molecule has 2 unspecified atom stereocenters. The summed E-state index contributed by atoms with van der Waals surface area (Å²) in [5.41, 5.74) is 0. The van der Waals surface area contributed by atoms with E-state index < -0.39 is 6.10 Å². The fourth-order valence-electron chi connectivity index (χ4n) is 2.41. The molecule has 0 bridgehead atoms. The molecule has 120 valence electrons. The highest BCUT2D eigenvalue weighted by atomic mass is 16.5. The molecule has 22 heavy (non-hydrogen) atoms. The van der Waals surface area contributed by atoms with E-state index in [1.54, 1.807) is 32.0 Å². The van der Waals surface area contributed by atoms with Gasteiger partial charge in [-0.1, -0.05) is 26.3 Å². The van der Waals surface area contributed by atoms with Gasteiger partial charge in [-0.25, -0.2) is 0 Å². The number of aliphatic hydroxyl groups is 1. The number of hydrogen-bond acceptors (Lipinski definition) is 5. The zero-order valence-corrected chi connectivity index (χ0v) is 13.0. The molecule has 2 atom stereocenters. The average molecular weight is 306 g/mol. The third kappa shape index (κ3) is 4.56. The lowest BCUT2D eigenvalue weighted by atomic mass is 9.87. The minimum atomic E-state index is -0.426. The van der Waals surface area contributed by atoms with Crippen molar-refractivity contribution in [2.24, 2.45) is 11.8 Å². The van der Waals surface area contributed by atoms with Crippen LogP contribution in [0, 0.1) is 11.8 Å². The molecule has 5 nitrogen and oxygen atoms in total. The van der Waals surface area contributed by atoms with E-state index in [1.807, 2.05) is 0 Å². The molecule has 5 heteroatoms. The smallest absolute Gasteiger partial charge is 0.314 e. The van der Waals surface area contributed by atoms with Crippen molar-refractivity contribution in [3.05, 3.63) is 24.3 Å². The summed E-state index contributed by atoms with van der Waals surface area (Å²) in [6, 6.07) is 6.48. The molecule has 1 aliphatic carbocycles. The van der Waals surface area contributed by atoms with Gasteiger partial charge in [0.25, 0.3) is 0 Å². The summed E-state index contributed by atoms with van der Waals surface area (Å²) in [7, 11) is 0. The summed E-state index contributed by atoms with van der Waals surface area (Å²) >= 11 is 0. The zero-order valence-electron chi connectivity index (χ0n) is 13.0. The van der Waals surface area contributed by atoms with Crippen LogP contribution in [-0.2, 0) is 9.59 Å². The van der Waals surface area contributed by atoms with Crippen molar-refractivity contribution in [2.75, 3.05) is 0 Å². The predicted molar refractivity (Wildman–Crippen MR) is 80.5 cm³/mol. The van der Waals surface area contributed by atoms with E-state index >= 15 is 0 Å². The Labute approximate surface area is 130 Å². The lowest BCUT2D eigenvalue weighted by Crippen LogP contribution is -2.28. The molecule has 0 heterocycles. The maximum atomic E-state index is 12.1. The van der Waals surface area contributed by atoms with Crippen molar-refractivity contribution in [3.8, 4) is 11.5 Å². The van der Waals surface area contributed by atoms with Gasteiger partial charge in [0.2, 0.25) is 0 Å². The molecule has 0 aromatic heterocycles. The Bertz CT molecular complexity index is 538. The number of esters is 2. The van der Waals surface area contributed by atoms with Gasteiger partial charge in [-0.2, -0.15) is 0 Å². The minimum Gasteiger partial charge on any atom is -0.426 e. The average Bonchev–Trinajstić information content (AvgIpc) is 2.47. The number of ether oxygens (including phenoxy) is 2. The van der Waals surface area contributed by atoms with Crippen LogP contribution < -0.4 is 9.47 Å². The molecular weight excluding hydrogens is 284 g/mol. The Morgan fingerprint density at radius 3 is 2.50 bits per heavy atom. The maximum Gasteiger partial charge on any atom is 0.314 e. The third-order valence-corrected chi connectivity index (χ3v) is 3.69. The second kappa shape index (κ2) is 7.40. The van der Waals surface area contributed by atoms with Crippen LogP contribution in [0.1, 0.15) is 39.5 Å². The summed E-state index contributed by atoms with van der Waals surface area (Å²) in [5.74, 6) is -0.475. The van der Waals surface area contributed by atoms with E-state index in [0.29, 0.717) is 17.9 Å². The van der Waals surface area contributed by atoms with Crippen molar-refractivity contribution in [2.45, 2.75) is 45.6 Å². The van der Waals surface area contributed by atoms with Crippen LogP contribution in [-0.4, -0.2) is 23.1 Å². The SMILES string of the molecule is CC(C)C(=O)Oc1cccc(OC(=O)C2CCCC(O)C2)c1. The van der Waals surface area contributed by atoms with E-state index in [4.69, 9.17) is 9.47 Å². The minimum absolute atomic E-state index is 0.227. The molecule has 1 aromatic rings. The van der Waals surface area contributed by atoms with E-state index in [9.17, 15) is 14.7 Å². The highest BCUT2D eigenvalue weighted by Gasteiger charge is 2.27. The highest BCUT2D eigenvalue weighted by Crippen LogP contribution is 2.27. The van der Waals surface area contributed by atoms with Crippen LogP contribution >= 0.6 is 0 Å². The summed E-state index contributed by atoms with van der Waals surface area (Å²) in [6.45, 7) is 3.50. The van der Waals surface area contributed by atoms with Gasteiger partial charge in [0.05, 0.1) is 17.9 Å². The second-order valence-corrected chi connectivity index (χ2v) is 5.99. The molecule has 0 aliphatic heterocycles. The molecule has 1 aliphatic rings. The molecule has 1 saturated carbocycles. The van der Waals surface area contributed by atoms with E-state index in [2.05, 4.69) is 0 Å². The number of carbonyl (C=O) groups excluding carboxylic acids is 2. The summed E-state index contributed by atoms with van der Waals surface area (Å²) in [6.07, 6.45) is 2.32. The topological polar surface area (TPSA) is 72.8 Å². The van der Waals surface area contributed by atoms with Crippen LogP contribution in [0.2, 0.25) is 0 Å². The van der Waals surface area contributed by atoms with E-state index in [0.717, 1.165) is 19.3 Å². The van der Waals surface area contributed by atoms with Gasteiger partial charge in [-0.3, -0.25) is 9.59 Å². The van der Waals surface area contributed by atoms with Gasteiger partial charge in [0, 0.05) is 6.07 Å². The molecule has 0 saturated heterocycles. The first-order valence-corrected chi connectivity index (χ1v) is 7.67. The molecule has 2 rings (SSSR count). The van der Waals surface area contributed by atoms with Crippen LogP contribution in [0.4, 0.5) is 0 Å². The number of hydrogen-bond donors (Lipinski definition) is 1. The van der Waals surface area contributed by atoms with Crippen molar-refractivity contribution in [1.29, 1.82) is 0 Å². The van der Waals surface area contributed by atoms with Crippen molar-refractivity contribution in [3.63, 3.8) is 0 Å². The standard InChI is InChI=1S/C17H22O5/c1-11(2)16(19)21-14-7-4-8-15(10-14)22-17(20)12-5-3-6-13(18)9-12/h4,7-8,10-13,18H,3,5-6,9H2,1-2H3. The maximum absolute atomic E-state index is 12.1. The zero-order chi connectivity index (χ0) is 16.1. The monoisotopic (exact) mass is 306 g/mol. The Morgan fingerprint density at radius 1 is 1.18 bits per heavy atom. The molecule has 0 spiro atoms. The number of aliphatic hydroxyl groups excluding tert-OH is 1. The lowest BCUT2D eigenvalue weighted by molar-refractivity contribution is -0.141. The van der Waals surface area contributed by atoms with Crippen molar-refractivity contribution >= 4 is 11.9 Å². The van der Waals surface area contributed by atoms with Gasteiger partial charge in [0.15, 0.2) is 0 Å². The van der Waals surface area contributed by atoms with Gasteiger partial charge in [-0.15, -0.1) is 0 Å². The summed E-state index contributed by atoms with van der Waals surface area (Å²) < 4.78 is 10.5. The second-order valence-electron chi connectivity index (χ2n) is 5.99. The molecule has 0 amide bonds. The molecule has 0 radical (unpaired) electrons. The van der Waals surface area contributed by atoms with Crippen molar-refractivity contribution < 1.29 is 24.2 Å². The number of benzene rings is 1. The Morgan fingerprint density at radius 2 is 1.86 bits per heavy atom. The van der Waals surface area contributed by atoms with Gasteiger partial charge in [0.1, 0.15) is 11.5 Å². The largest absolute Gasteiger partial charge is 0.426 e. The van der Waals surface area contributed by atoms with Gasteiger partial charge < -0.3 is 14.6 Å². The van der Waals surface area contributed by atoms with Crippen LogP contribution in [0.5, 0.6) is 11.5 Å². The summed E-state index contributed by atoms with van der Waals surface area (Å²) in [5, 5.41) is 9.62. The van der Waals surface area contributed by atoms with Crippen LogP contribution in [0.15, 0.2) is 24.3 Å². The first kappa shape index (κ1) is 16.5. The fraction of sp³-hybridized carbons (Fsp3) is 0.529. The van der Waals surface area contributed by atoms with Crippen LogP contribution in [0.25, 0.3) is 0 Å². The first-order chi connectivity index (χ1) is 10.5. The summed E-state index contributed by atoms with van der Waals surface area (Å²) in [4.78, 5) is 23.7. The first-order valence-electron chi connectivity index (χ1n) is 7.67. The van der Waals surface area contributed by atoms with Crippen molar-refractivity contribution in [1.82, 2.24) is 0 Å². The normalized spacial score (nSPS) is 21.5. The Hall–Kier alpha value is -1.88. The molecule has 1 fully saturated rings. The molecule has 1 aromatic carbocycles. The highest BCUT2D eigenvalue weighted by molar-refractivity contribution is 5.76. The fourth-order valence-corrected chi connectivity index (χ4v) is 2.41. The van der Waals surface area contributed by atoms with Crippen LogP contribution in [0.3, 0.4) is 0 Å². The van der Waals surface area contributed by atoms with E-state index in [-0.39, 0.29) is 23.8 Å². The Kier molecular flexibility index (Phi) is 5.55. The van der Waals surface area contributed by atoms with Gasteiger partial charge >= 0.3 is 11.9 Å². The molecular formula is C17H22O5. The molecule has 1 N–H and O–H groups in total. The quantitative estimate of drug-likeness (QED) is 0.684. The Balaban J connectivity index is 1.97. The third-order valence-electron chi connectivity index (χ3n) is 3.69. The lowest BCUT2D eigenvalue weighted by Gasteiger charge is -2.24. The predicted octanol–water partition coefficient (Wildman–Crippen LogP) is 2.70. The number of carbonyl (C=O) groups is 2.